The number of carbonyl (C=O) groups is 1. The third-order valence-electron chi connectivity index (χ3n) is 4.82. The third kappa shape index (κ3) is 4.98. The van der Waals surface area contributed by atoms with Gasteiger partial charge in [0.25, 0.3) is 5.91 Å². The van der Waals surface area contributed by atoms with Gasteiger partial charge in [-0.1, -0.05) is 66.4 Å². The summed E-state index contributed by atoms with van der Waals surface area (Å²) in [5.41, 5.74) is 3.84. The molecule has 0 radical (unpaired) electrons. The summed E-state index contributed by atoms with van der Waals surface area (Å²) in [4.78, 5) is 17.2. The molecule has 0 N–H and O–H groups in total. The van der Waals surface area contributed by atoms with Gasteiger partial charge in [0.1, 0.15) is 12.4 Å². The molecule has 1 amide bonds. The minimum atomic E-state index is -0.108. The molecule has 4 nitrogen and oxygen atoms in total. The molecule has 0 saturated carbocycles. The first kappa shape index (κ1) is 21.2. The Morgan fingerprint density at radius 1 is 1.00 bits per heavy atom. The summed E-state index contributed by atoms with van der Waals surface area (Å²) in [6.45, 7) is 0.495. The molecule has 156 valence electrons. The van der Waals surface area contributed by atoms with Crippen molar-refractivity contribution in [2.75, 3.05) is 23.9 Å². The third-order valence-corrected chi connectivity index (χ3v) is 6.12. The van der Waals surface area contributed by atoms with Crippen molar-refractivity contribution in [3.63, 3.8) is 0 Å². The summed E-state index contributed by atoms with van der Waals surface area (Å²) in [6, 6.07) is 25.5. The molecule has 0 atom stereocenters. The lowest BCUT2D eigenvalue weighted by Gasteiger charge is -2.17. The number of hydrogen-bond acceptors (Lipinski definition) is 5. The first-order valence-electron chi connectivity index (χ1n) is 9.83. The van der Waals surface area contributed by atoms with E-state index in [1.54, 1.807) is 4.90 Å². The molecule has 0 spiro atoms. The van der Waals surface area contributed by atoms with Gasteiger partial charge in [0.15, 0.2) is 4.32 Å². The maximum absolute atomic E-state index is 13.0. The maximum Gasteiger partial charge on any atom is 0.270 e. The number of benzene rings is 3. The van der Waals surface area contributed by atoms with Crippen molar-refractivity contribution in [3.05, 3.63) is 94.9 Å². The highest BCUT2D eigenvalue weighted by molar-refractivity contribution is 8.27. The number of carbonyl (C=O) groups excluding carboxylic acids is 1. The average molecular weight is 447 g/mol. The van der Waals surface area contributed by atoms with Crippen LogP contribution in [0.25, 0.3) is 6.08 Å². The molecule has 1 saturated heterocycles. The van der Waals surface area contributed by atoms with E-state index in [4.69, 9.17) is 17.0 Å². The molecule has 1 heterocycles. The van der Waals surface area contributed by atoms with Crippen molar-refractivity contribution in [2.45, 2.75) is 6.61 Å². The van der Waals surface area contributed by atoms with Gasteiger partial charge in [-0.25, -0.2) is 0 Å². The fourth-order valence-electron chi connectivity index (χ4n) is 3.18. The van der Waals surface area contributed by atoms with Gasteiger partial charge >= 0.3 is 0 Å². The minimum absolute atomic E-state index is 0.108. The number of ether oxygens (including phenoxy) is 1. The van der Waals surface area contributed by atoms with E-state index in [0.717, 1.165) is 28.3 Å². The summed E-state index contributed by atoms with van der Waals surface area (Å²) in [5, 5.41) is 0. The summed E-state index contributed by atoms with van der Waals surface area (Å²) < 4.78 is 6.44. The number of thiocarbonyl (C=S) groups is 1. The Bertz CT molecular complexity index is 1130. The highest BCUT2D eigenvalue weighted by atomic mass is 32.2. The van der Waals surface area contributed by atoms with Crippen LogP contribution in [-0.4, -0.2) is 24.3 Å². The largest absolute Gasteiger partial charge is 0.489 e. The Hall–Kier alpha value is -3.09. The van der Waals surface area contributed by atoms with Crippen molar-refractivity contribution < 1.29 is 9.53 Å². The van der Waals surface area contributed by atoms with Crippen LogP contribution in [0, 0.1) is 0 Å². The normalized spacial score (nSPS) is 14.9. The summed E-state index contributed by atoms with van der Waals surface area (Å²) in [6.07, 6.45) is 1.86. The van der Waals surface area contributed by atoms with Crippen LogP contribution in [0.3, 0.4) is 0 Å². The van der Waals surface area contributed by atoms with E-state index in [1.165, 1.54) is 11.8 Å². The molecule has 3 aromatic carbocycles. The second kappa shape index (κ2) is 9.37. The second-order valence-electron chi connectivity index (χ2n) is 7.27. The number of anilines is 2. The van der Waals surface area contributed by atoms with E-state index in [-0.39, 0.29) is 5.91 Å². The van der Waals surface area contributed by atoms with Gasteiger partial charge < -0.3 is 9.64 Å². The number of thioether (sulfide) groups is 1. The number of hydrogen-bond donors (Lipinski definition) is 0. The van der Waals surface area contributed by atoms with Crippen LogP contribution in [0.15, 0.2) is 83.8 Å². The maximum atomic E-state index is 13.0. The van der Waals surface area contributed by atoms with E-state index in [1.807, 2.05) is 104 Å². The van der Waals surface area contributed by atoms with Crippen molar-refractivity contribution in [3.8, 4) is 5.75 Å². The van der Waals surface area contributed by atoms with Crippen molar-refractivity contribution in [2.24, 2.45) is 0 Å². The molecule has 1 aliphatic heterocycles. The molecule has 0 unspecified atom stereocenters. The monoisotopic (exact) mass is 446 g/mol. The zero-order valence-corrected chi connectivity index (χ0v) is 19.0. The molecule has 1 fully saturated rings. The van der Waals surface area contributed by atoms with Gasteiger partial charge in [-0.15, -0.1) is 0 Å². The van der Waals surface area contributed by atoms with Crippen LogP contribution in [-0.2, 0) is 11.4 Å². The van der Waals surface area contributed by atoms with Gasteiger partial charge in [-0.2, -0.15) is 0 Å². The Kier molecular flexibility index (Phi) is 6.39. The Balaban J connectivity index is 1.50. The van der Waals surface area contributed by atoms with Crippen LogP contribution in [0.2, 0.25) is 0 Å². The lowest BCUT2D eigenvalue weighted by atomic mass is 10.2. The summed E-state index contributed by atoms with van der Waals surface area (Å²) in [5.74, 6) is 0.649. The van der Waals surface area contributed by atoms with E-state index < -0.39 is 0 Å². The topological polar surface area (TPSA) is 32.8 Å². The number of amides is 1. The first-order chi connectivity index (χ1) is 15.0. The van der Waals surface area contributed by atoms with Crippen molar-refractivity contribution >= 4 is 51.7 Å². The van der Waals surface area contributed by atoms with Gasteiger partial charge in [0.05, 0.1) is 10.6 Å². The van der Waals surface area contributed by atoms with Crippen LogP contribution < -0.4 is 14.5 Å². The Morgan fingerprint density at radius 3 is 2.45 bits per heavy atom. The SMILES string of the molecule is CN(C)c1ccc(N2C(=O)/C(=C\c3cccc(OCc4ccccc4)c3)SC2=S)cc1. The smallest absolute Gasteiger partial charge is 0.270 e. The quantitative estimate of drug-likeness (QED) is 0.356. The molecule has 0 bridgehead atoms. The highest BCUT2D eigenvalue weighted by Crippen LogP contribution is 2.36. The molecule has 6 heteroatoms. The Labute approximate surface area is 192 Å². The number of nitrogens with zero attached hydrogens (tertiary/aromatic N) is 2. The predicted molar refractivity (Wildman–Crippen MR) is 134 cm³/mol. The van der Waals surface area contributed by atoms with Crippen LogP contribution >= 0.6 is 24.0 Å². The summed E-state index contributed by atoms with van der Waals surface area (Å²) >= 11 is 6.81. The van der Waals surface area contributed by atoms with Gasteiger partial charge in [-0.05, 0) is 53.6 Å². The minimum Gasteiger partial charge on any atom is -0.489 e. The van der Waals surface area contributed by atoms with E-state index in [2.05, 4.69) is 0 Å². The van der Waals surface area contributed by atoms with E-state index in [9.17, 15) is 4.79 Å². The first-order valence-corrected chi connectivity index (χ1v) is 11.1. The van der Waals surface area contributed by atoms with Crippen LogP contribution in [0.4, 0.5) is 11.4 Å². The van der Waals surface area contributed by atoms with Crippen molar-refractivity contribution in [1.82, 2.24) is 0 Å². The molecule has 0 aliphatic carbocycles. The zero-order chi connectivity index (χ0) is 21.8. The predicted octanol–water partition coefficient (Wildman–Crippen LogP) is 5.74. The van der Waals surface area contributed by atoms with Gasteiger partial charge in [0.2, 0.25) is 0 Å². The highest BCUT2D eigenvalue weighted by Gasteiger charge is 2.33. The molecule has 1 aliphatic rings. The van der Waals surface area contributed by atoms with Crippen LogP contribution in [0.1, 0.15) is 11.1 Å². The molecule has 31 heavy (non-hydrogen) atoms. The average Bonchev–Trinajstić information content (AvgIpc) is 3.06. The lowest BCUT2D eigenvalue weighted by Crippen LogP contribution is -2.27. The molecule has 3 aromatic rings. The number of rotatable bonds is 6. The van der Waals surface area contributed by atoms with E-state index >= 15 is 0 Å². The van der Waals surface area contributed by atoms with Gasteiger partial charge in [-0.3, -0.25) is 9.69 Å². The summed E-state index contributed by atoms with van der Waals surface area (Å²) in [7, 11) is 3.96. The molecular formula is C25H22N2O2S2. The molecule has 0 aromatic heterocycles. The fourth-order valence-corrected chi connectivity index (χ4v) is 4.48. The lowest BCUT2D eigenvalue weighted by molar-refractivity contribution is -0.113. The Morgan fingerprint density at radius 2 is 1.74 bits per heavy atom. The molecule has 4 rings (SSSR count). The standard InChI is InChI=1S/C25H22N2O2S2/c1-26(2)20-11-13-21(14-12-20)27-24(28)23(31-25(27)30)16-19-9-6-10-22(15-19)29-17-18-7-4-3-5-8-18/h3-16H,17H2,1-2H3/b23-16+. The van der Waals surface area contributed by atoms with Gasteiger partial charge in [0, 0.05) is 19.8 Å². The van der Waals surface area contributed by atoms with Crippen LogP contribution in [0.5, 0.6) is 5.75 Å². The zero-order valence-electron chi connectivity index (χ0n) is 17.3. The van der Waals surface area contributed by atoms with Crippen molar-refractivity contribution in [1.29, 1.82) is 0 Å². The fraction of sp³-hybridized carbons (Fsp3) is 0.120. The second-order valence-corrected chi connectivity index (χ2v) is 8.95. The molecular weight excluding hydrogens is 424 g/mol. The van der Waals surface area contributed by atoms with E-state index in [0.29, 0.717) is 15.8 Å².